The Morgan fingerprint density at radius 2 is 2.06 bits per heavy atom. The average Bonchev–Trinajstić information content (AvgIpc) is 2.75. The molecule has 78 valence electrons. The summed E-state index contributed by atoms with van der Waals surface area (Å²) in [6.07, 6.45) is 1.77. The molecule has 0 N–H and O–H groups in total. The van der Waals surface area contributed by atoms with Crippen LogP contribution in [0.5, 0.6) is 0 Å². The fourth-order valence-electron chi connectivity index (χ4n) is 1.53. The van der Waals surface area contributed by atoms with Crippen LogP contribution in [-0.4, -0.2) is 15.2 Å². The summed E-state index contributed by atoms with van der Waals surface area (Å²) < 4.78 is 5.29. The van der Waals surface area contributed by atoms with Crippen LogP contribution in [0, 0.1) is 0 Å². The molecule has 3 rings (SSSR count). The molecule has 0 radical (unpaired) electrons. The summed E-state index contributed by atoms with van der Waals surface area (Å²) in [5.74, 6) is 0.498. The molecule has 2 aromatic heterocycles. The van der Waals surface area contributed by atoms with E-state index in [9.17, 15) is 0 Å². The number of halogens is 1. The number of nitrogens with zero attached hydrogens (tertiary/aromatic N) is 3. The Bertz CT molecular complexity index is 650. The highest BCUT2D eigenvalue weighted by atomic mass is 79.9. The van der Waals surface area contributed by atoms with Crippen molar-refractivity contribution in [3.8, 4) is 11.5 Å². The van der Waals surface area contributed by atoms with E-state index in [-0.39, 0.29) is 0 Å². The first kappa shape index (κ1) is 9.47. The van der Waals surface area contributed by atoms with Gasteiger partial charge in [0.1, 0.15) is 0 Å². The van der Waals surface area contributed by atoms with Gasteiger partial charge in [-0.15, -0.1) is 10.2 Å². The standard InChI is InChI=1S/C11H6BrN3O/c12-11-15-14-10(16-11)8-3-4-9-7(6-8)2-1-5-13-9/h1-6H. The monoisotopic (exact) mass is 275 g/mol. The van der Waals surface area contributed by atoms with Gasteiger partial charge in [-0.05, 0) is 24.3 Å². The van der Waals surface area contributed by atoms with Gasteiger partial charge in [0.25, 0.3) is 4.80 Å². The lowest BCUT2D eigenvalue weighted by molar-refractivity contribution is 0.540. The van der Waals surface area contributed by atoms with Crippen LogP contribution in [0.2, 0.25) is 0 Å². The zero-order valence-electron chi connectivity index (χ0n) is 8.09. The van der Waals surface area contributed by atoms with Crippen LogP contribution in [0.15, 0.2) is 45.7 Å². The summed E-state index contributed by atoms with van der Waals surface area (Å²) in [6, 6.07) is 9.72. The molecule has 3 aromatic rings. The van der Waals surface area contributed by atoms with Crippen LogP contribution in [0.25, 0.3) is 22.4 Å². The Balaban J connectivity index is 2.18. The second-order valence-corrected chi connectivity index (χ2v) is 3.95. The van der Waals surface area contributed by atoms with Crippen LogP contribution in [0.3, 0.4) is 0 Å². The van der Waals surface area contributed by atoms with Gasteiger partial charge in [0.05, 0.1) is 5.52 Å². The molecule has 0 saturated heterocycles. The van der Waals surface area contributed by atoms with Gasteiger partial charge in [0.2, 0.25) is 5.89 Å². The number of fused-ring (bicyclic) bond motifs is 1. The molecule has 0 spiro atoms. The van der Waals surface area contributed by atoms with Gasteiger partial charge in [-0.3, -0.25) is 4.98 Å². The number of hydrogen-bond acceptors (Lipinski definition) is 4. The molecule has 0 unspecified atom stereocenters. The summed E-state index contributed by atoms with van der Waals surface area (Å²) in [5.41, 5.74) is 1.84. The smallest absolute Gasteiger partial charge is 0.285 e. The predicted octanol–water partition coefficient (Wildman–Crippen LogP) is 3.05. The lowest BCUT2D eigenvalue weighted by Gasteiger charge is -1.98. The summed E-state index contributed by atoms with van der Waals surface area (Å²) in [4.78, 5) is 4.63. The number of benzene rings is 1. The third kappa shape index (κ3) is 1.59. The van der Waals surface area contributed by atoms with Crippen molar-refractivity contribution in [1.29, 1.82) is 0 Å². The number of hydrogen-bond donors (Lipinski definition) is 0. The van der Waals surface area contributed by atoms with E-state index in [1.807, 2.05) is 30.3 Å². The van der Waals surface area contributed by atoms with E-state index in [1.54, 1.807) is 6.20 Å². The van der Waals surface area contributed by atoms with Gasteiger partial charge in [-0.2, -0.15) is 0 Å². The van der Waals surface area contributed by atoms with Gasteiger partial charge in [0, 0.05) is 33.1 Å². The van der Waals surface area contributed by atoms with Gasteiger partial charge < -0.3 is 4.42 Å². The molecule has 16 heavy (non-hydrogen) atoms. The molecular weight excluding hydrogens is 270 g/mol. The molecule has 0 saturated carbocycles. The van der Waals surface area contributed by atoms with Crippen molar-refractivity contribution in [3.05, 3.63) is 41.3 Å². The normalized spacial score (nSPS) is 10.8. The second-order valence-electron chi connectivity index (χ2n) is 3.27. The summed E-state index contributed by atoms with van der Waals surface area (Å²) in [7, 11) is 0. The SMILES string of the molecule is Brc1nnc(-c2ccc3ncccc3c2)o1. The Morgan fingerprint density at radius 1 is 1.12 bits per heavy atom. The first-order valence-electron chi connectivity index (χ1n) is 4.67. The van der Waals surface area contributed by atoms with E-state index in [0.717, 1.165) is 16.5 Å². The fraction of sp³-hybridized carbons (Fsp3) is 0. The van der Waals surface area contributed by atoms with Gasteiger partial charge in [0.15, 0.2) is 0 Å². The maximum Gasteiger partial charge on any atom is 0.285 e. The van der Waals surface area contributed by atoms with E-state index < -0.39 is 0 Å². The molecule has 2 heterocycles. The van der Waals surface area contributed by atoms with Crippen LogP contribution in [0.4, 0.5) is 0 Å². The molecule has 0 aliphatic rings. The fourth-order valence-corrected chi connectivity index (χ4v) is 1.76. The first-order valence-corrected chi connectivity index (χ1v) is 5.46. The summed E-state index contributed by atoms with van der Waals surface area (Å²) in [5, 5.41) is 8.72. The van der Waals surface area contributed by atoms with Crippen molar-refractivity contribution in [2.24, 2.45) is 0 Å². The minimum atomic E-state index is 0.383. The highest BCUT2D eigenvalue weighted by Gasteiger charge is 2.06. The van der Waals surface area contributed by atoms with Crippen molar-refractivity contribution < 1.29 is 4.42 Å². The van der Waals surface area contributed by atoms with Crippen LogP contribution in [0.1, 0.15) is 0 Å². The van der Waals surface area contributed by atoms with E-state index in [0.29, 0.717) is 10.7 Å². The maximum atomic E-state index is 5.29. The second kappa shape index (κ2) is 3.68. The zero-order valence-corrected chi connectivity index (χ0v) is 9.68. The molecule has 1 aromatic carbocycles. The lowest BCUT2D eigenvalue weighted by Crippen LogP contribution is -1.81. The van der Waals surface area contributed by atoms with Crippen LogP contribution >= 0.6 is 15.9 Å². The van der Waals surface area contributed by atoms with Crippen molar-refractivity contribution in [3.63, 3.8) is 0 Å². The Morgan fingerprint density at radius 3 is 2.88 bits per heavy atom. The lowest BCUT2D eigenvalue weighted by atomic mass is 10.1. The highest BCUT2D eigenvalue weighted by Crippen LogP contribution is 2.23. The zero-order chi connectivity index (χ0) is 11.0. The summed E-state index contributed by atoms with van der Waals surface area (Å²) >= 11 is 3.13. The molecule has 4 nitrogen and oxygen atoms in total. The molecule has 5 heteroatoms. The van der Waals surface area contributed by atoms with Crippen molar-refractivity contribution in [2.45, 2.75) is 0 Å². The minimum Gasteiger partial charge on any atom is -0.411 e. The number of aromatic nitrogens is 3. The topological polar surface area (TPSA) is 51.8 Å². The average molecular weight is 276 g/mol. The molecule has 0 aliphatic carbocycles. The third-order valence-electron chi connectivity index (χ3n) is 2.25. The Labute approximate surface area is 99.5 Å². The van der Waals surface area contributed by atoms with Crippen LogP contribution in [-0.2, 0) is 0 Å². The largest absolute Gasteiger partial charge is 0.411 e. The van der Waals surface area contributed by atoms with E-state index >= 15 is 0 Å². The van der Waals surface area contributed by atoms with E-state index in [2.05, 4.69) is 31.1 Å². The van der Waals surface area contributed by atoms with Gasteiger partial charge >= 0.3 is 0 Å². The minimum absolute atomic E-state index is 0.383. The summed E-state index contributed by atoms with van der Waals surface area (Å²) in [6.45, 7) is 0. The Hall–Kier alpha value is -1.75. The molecule has 0 bridgehead atoms. The predicted molar refractivity (Wildman–Crippen MR) is 62.7 cm³/mol. The molecule has 0 aliphatic heterocycles. The Kier molecular flexibility index (Phi) is 2.18. The quantitative estimate of drug-likeness (QED) is 0.685. The van der Waals surface area contributed by atoms with Gasteiger partial charge in [-0.1, -0.05) is 6.07 Å². The van der Waals surface area contributed by atoms with E-state index in [4.69, 9.17) is 4.42 Å². The van der Waals surface area contributed by atoms with Crippen molar-refractivity contribution in [2.75, 3.05) is 0 Å². The molecule has 0 atom stereocenters. The van der Waals surface area contributed by atoms with Crippen molar-refractivity contribution >= 4 is 26.8 Å². The van der Waals surface area contributed by atoms with Crippen molar-refractivity contribution in [1.82, 2.24) is 15.2 Å². The van der Waals surface area contributed by atoms with E-state index in [1.165, 1.54) is 0 Å². The third-order valence-corrected chi connectivity index (χ3v) is 2.57. The number of pyridine rings is 1. The number of rotatable bonds is 1. The molecule has 0 fully saturated rings. The molecule has 0 amide bonds. The highest BCUT2D eigenvalue weighted by molar-refractivity contribution is 9.10. The first-order chi connectivity index (χ1) is 7.83. The van der Waals surface area contributed by atoms with Gasteiger partial charge in [-0.25, -0.2) is 0 Å². The maximum absolute atomic E-state index is 5.29. The molecular formula is C11H6BrN3O. The van der Waals surface area contributed by atoms with Crippen LogP contribution < -0.4 is 0 Å².